The minimum Gasteiger partial charge on any atom is -0.393 e. The summed E-state index contributed by atoms with van der Waals surface area (Å²) in [5.74, 6) is 0.0785. The van der Waals surface area contributed by atoms with Crippen molar-refractivity contribution in [3.8, 4) is 0 Å². The lowest BCUT2D eigenvalue weighted by atomic mass is 9.71. The Bertz CT molecular complexity index is 415. The van der Waals surface area contributed by atoms with E-state index in [2.05, 4.69) is 18.7 Å². The molecule has 1 saturated carbocycles. The predicted octanol–water partition coefficient (Wildman–Crippen LogP) is 3.45. The summed E-state index contributed by atoms with van der Waals surface area (Å²) in [4.78, 5) is 2.11. The van der Waals surface area contributed by atoms with E-state index in [-0.39, 0.29) is 11.9 Å². The molecular weight excluding hydrogens is 241 g/mol. The van der Waals surface area contributed by atoms with Crippen LogP contribution in [0.15, 0.2) is 24.3 Å². The lowest BCUT2D eigenvalue weighted by Crippen LogP contribution is -2.40. The molecule has 0 bridgehead atoms. The lowest BCUT2D eigenvalue weighted by molar-refractivity contribution is 0.0254. The van der Waals surface area contributed by atoms with E-state index in [1.807, 2.05) is 7.05 Å². The van der Waals surface area contributed by atoms with E-state index in [9.17, 15) is 9.50 Å². The average Bonchev–Trinajstić information content (AvgIpc) is 2.34. The Morgan fingerprint density at radius 3 is 2.58 bits per heavy atom. The lowest BCUT2D eigenvalue weighted by Gasteiger charge is -2.40. The molecule has 3 heteroatoms. The Kier molecular flexibility index (Phi) is 4.14. The van der Waals surface area contributed by atoms with Gasteiger partial charge in [-0.05, 0) is 48.9 Å². The molecule has 0 radical (unpaired) electrons. The van der Waals surface area contributed by atoms with Gasteiger partial charge >= 0.3 is 0 Å². The van der Waals surface area contributed by atoms with E-state index in [0.717, 1.165) is 31.5 Å². The Balaban J connectivity index is 2.01. The van der Waals surface area contributed by atoms with Crippen molar-refractivity contribution in [2.24, 2.45) is 11.3 Å². The SMILES string of the molecule is CN(CC1CC(C)(C)CCC1O)c1ccc(F)cc1. The highest BCUT2D eigenvalue weighted by Gasteiger charge is 2.34. The molecule has 1 aromatic carbocycles. The molecule has 0 aliphatic heterocycles. The molecule has 0 amide bonds. The minimum atomic E-state index is -0.212. The van der Waals surface area contributed by atoms with Crippen molar-refractivity contribution in [1.82, 2.24) is 0 Å². The molecule has 0 saturated heterocycles. The van der Waals surface area contributed by atoms with E-state index in [0.29, 0.717) is 11.3 Å². The number of benzene rings is 1. The summed E-state index contributed by atoms with van der Waals surface area (Å²) >= 11 is 0. The molecule has 1 aliphatic rings. The summed E-state index contributed by atoms with van der Waals surface area (Å²) in [6.07, 6.45) is 2.80. The number of nitrogens with zero attached hydrogens (tertiary/aromatic N) is 1. The third kappa shape index (κ3) is 3.69. The van der Waals surface area contributed by atoms with Gasteiger partial charge in [-0.2, -0.15) is 0 Å². The fourth-order valence-corrected chi connectivity index (χ4v) is 3.06. The molecule has 1 aromatic rings. The van der Waals surface area contributed by atoms with Crippen molar-refractivity contribution in [3.05, 3.63) is 30.1 Å². The second kappa shape index (κ2) is 5.49. The Labute approximate surface area is 115 Å². The molecule has 2 nitrogen and oxygen atoms in total. The first-order valence-corrected chi connectivity index (χ1v) is 7.02. The van der Waals surface area contributed by atoms with Gasteiger partial charge in [-0.1, -0.05) is 13.8 Å². The first-order valence-electron chi connectivity index (χ1n) is 7.02. The van der Waals surface area contributed by atoms with Crippen LogP contribution in [0.5, 0.6) is 0 Å². The second-order valence-corrected chi connectivity index (χ2v) is 6.59. The molecule has 2 unspecified atom stereocenters. The zero-order valence-electron chi connectivity index (χ0n) is 12.1. The van der Waals surface area contributed by atoms with Crippen LogP contribution in [0.1, 0.15) is 33.1 Å². The Hall–Kier alpha value is -1.09. The topological polar surface area (TPSA) is 23.5 Å². The van der Waals surface area contributed by atoms with E-state index in [1.165, 1.54) is 12.1 Å². The second-order valence-electron chi connectivity index (χ2n) is 6.59. The third-order valence-corrected chi connectivity index (χ3v) is 4.25. The fraction of sp³-hybridized carbons (Fsp3) is 0.625. The van der Waals surface area contributed by atoms with Crippen LogP contribution in [-0.4, -0.2) is 24.8 Å². The largest absolute Gasteiger partial charge is 0.393 e. The quantitative estimate of drug-likeness (QED) is 0.905. The predicted molar refractivity (Wildman–Crippen MR) is 76.8 cm³/mol. The van der Waals surface area contributed by atoms with Crippen LogP contribution in [0.3, 0.4) is 0 Å². The zero-order valence-corrected chi connectivity index (χ0v) is 12.1. The van der Waals surface area contributed by atoms with Gasteiger partial charge in [0.15, 0.2) is 0 Å². The standard InChI is InChI=1S/C16H24FNO/c1-16(2)9-8-15(19)12(10-16)11-18(3)14-6-4-13(17)5-7-14/h4-7,12,15,19H,8-11H2,1-3H3. The first kappa shape index (κ1) is 14.3. The van der Waals surface area contributed by atoms with Crippen molar-refractivity contribution < 1.29 is 9.50 Å². The number of hydrogen-bond acceptors (Lipinski definition) is 2. The van der Waals surface area contributed by atoms with Crippen molar-refractivity contribution in [2.45, 2.75) is 39.2 Å². The van der Waals surface area contributed by atoms with Gasteiger partial charge in [-0.3, -0.25) is 0 Å². The van der Waals surface area contributed by atoms with Crippen LogP contribution in [-0.2, 0) is 0 Å². The molecule has 1 fully saturated rings. The molecule has 19 heavy (non-hydrogen) atoms. The van der Waals surface area contributed by atoms with Crippen LogP contribution in [0, 0.1) is 17.2 Å². The van der Waals surface area contributed by atoms with E-state index in [1.54, 1.807) is 12.1 Å². The van der Waals surface area contributed by atoms with Gasteiger partial charge in [0.05, 0.1) is 6.10 Å². The molecule has 2 rings (SSSR count). The number of hydrogen-bond donors (Lipinski definition) is 1. The molecule has 0 spiro atoms. The zero-order chi connectivity index (χ0) is 14.0. The van der Waals surface area contributed by atoms with Gasteiger partial charge in [0.25, 0.3) is 0 Å². The Morgan fingerprint density at radius 2 is 1.95 bits per heavy atom. The number of aliphatic hydroxyl groups excluding tert-OH is 1. The Morgan fingerprint density at radius 1 is 1.32 bits per heavy atom. The molecule has 0 heterocycles. The summed E-state index contributed by atoms with van der Waals surface area (Å²) in [6.45, 7) is 5.35. The molecule has 1 N–H and O–H groups in total. The van der Waals surface area contributed by atoms with Gasteiger partial charge in [0.1, 0.15) is 5.82 Å². The maximum atomic E-state index is 12.9. The summed E-state index contributed by atoms with van der Waals surface area (Å²) in [5.41, 5.74) is 1.31. The van der Waals surface area contributed by atoms with Crippen molar-refractivity contribution in [2.75, 3.05) is 18.5 Å². The van der Waals surface area contributed by atoms with Crippen LogP contribution in [0.4, 0.5) is 10.1 Å². The smallest absolute Gasteiger partial charge is 0.123 e. The van der Waals surface area contributed by atoms with Gasteiger partial charge in [-0.25, -0.2) is 4.39 Å². The van der Waals surface area contributed by atoms with Crippen molar-refractivity contribution in [1.29, 1.82) is 0 Å². The van der Waals surface area contributed by atoms with Crippen LogP contribution < -0.4 is 4.90 Å². The van der Waals surface area contributed by atoms with Gasteiger partial charge in [-0.15, -0.1) is 0 Å². The minimum absolute atomic E-state index is 0.212. The molecular formula is C16H24FNO. The maximum Gasteiger partial charge on any atom is 0.123 e. The number of halogens is 1. The summed E-state index contributed by atoms with van der Waals surface area (Å²) in [7, 11) is 2.00. The number of rotatable bonds is 3. The van der Waals surface area contributed by atoms with Crippen LogP contribution >= 0.6 is 0 Å². The van der Waals surface area contributed by atoms with E-state index >= 15 is 0 Å². The molecule has 106 valence electrons. The highest BCUT2D eigenvalue weighted by Crippen LogP contribution is 2.39. The van der Waals surface area contributed by atoms with Crippen LogP contribution in [0.25, 0.3) is 0 Å². The van der Waals surface area contributed by atoms with E-state index in [4.69, 9.17) is 0 Å². The first-order chi connectivity index (χ1) is 8.87. The van der Waals surface area contributed by atoms with E-state index < -0.39 is 0 Å². The highest BCUT2D eigenvalue weighted by molar-refractivity contribution is 5.45. The molecule has 0 aromatic heterocycles. The van der Waals surface area contributed by atoms with Gasteiger partial charge in [0, 0.05) is 25.2 Å². The summed E-state index contributed by atoms with van der Waals surface area (Å²) in [6, 6.07) is 6.53. The summed E-state index contributed by atoms with van der Waals surface area (Å²) in [5, 5.41) is 10.2. The molecule has 1 aliphatic carbocycles. The summed E-state index contributed by atoms with van der Waals surface area (Å²) < 4.78 is 12.9. The van der Waals surface area contributed by atoms with Crippen molar-refractivity contribution >= 4 is 5.69 Å². The fourth-order valence-electron chi connectivity index (χ4n) is 3.06. The maximum absolute atomic E-state index is 12.9. The monoisotopic (exact) mass is 265 g/mol. The normalized spacial score (nSPS) is 26.2. The van der Waals surface area contributed by atoms with Gasteiger partial charge in [0.2, 0.25) is 0 Å². The van der Waals surface area contributed by atoms with Crippen molar-refractivity contribution in [3.63, 3.8) is 0 Å². The number of aliphatic hydroxyl groups is 1. The third-order valence-electron chi connectivity index (χ3n) is 4.25. The van der Waals surface area contributed by atoms with Gasteiger partial charge < -0.3 is 10.0 Å². The average molecular weight is 265 g/mol. The number of anilines is 1. The molecule has 2 atom stereocenters. The van der Waals surface area contributed by atoms with Crippen LogP contribution in [0.2, 0.25) is 0 Å². The highest BCUT2D eigenvalue weighted by atomic mass is 19.1.